The van der Waals surface area contributed by atoms with Crippen LogP contribution in [-0.4, -0.2) is 39.6 Å². The molecule has 4 nitrogen and oxygen atoms in total. The van der Waals surface area contributed by atoms with Crippen molar-refractivity contribution in [3.8, 4) is 0 Å². The molecule has 0 fully saturated rings. The van der Waals surface area contributed by atoms with Gasteiger partial charge >= 0.3 is 0 Å². The predicted octanol–water partition coefficient (Wildman–Crippen LogP) is 1.89. The van der Waals surface area contributed by atoms with Gasteiger partial charge < -0.3 is 19.9 Å². The van der Waals surface area contributed by atoms with Crippen molar-refractivity contribution in [2.24, 2.45) is 5.73 Å². The molecule has 1 aromatic carbocycles. The van der Waals surface area contributed by atoms with E-state index in [2.05, 4.69) is 0 Å². The van der Waals surface area contributed by atoms with E-state index in [0.29, 0.717) is 26.4 Å². The van der Waals surface area contributed by atoms with E-state index in [0.717, 1.165) is 5.56 Å². The number of methoxy groups -OCH3 is 1. The van der Waals surface area contributed by atoms with E-state index >= 15 is 0 Å². The zero-order valence-electron chi connectivity index (χ0n) is 11.5. The molecule has 2 atom stereocenters. The van der Waals surface area contributed by atoms with Crippen LogP contribution in [0.5, 0.6) is 0 Å². The zero-order chi connectivity index (χ0) is 14.1. The summed E-state index contributed by atoms with van der Waals surface area (Å²) in [5, 5.41) is 0. The molecule has 0 aliphatic heterocycles. The van der Waals surface area contributed by atoms with Gasteiger partial charge in [0.05, 0.1) is 32.5 Å². The van der Waals surface area contributed by atoms with Gasteiger partial charge in [0.2, 0.25) is 0 Å². The Kier molecular flexibility index (Phi) is 7.59. The van der Waals surface area contributed by atoms with E-state index in [1.807, 2.05) is 13.0 Å². The van der Waals surface area contributed by atoms with Crippen molar-refractivity contribution in [2.75, 3.05) is 33.5 Å². The Bertz CT molecular complexity index is 360. The summed E-state index contributed by atoms with van der Waals surface area (Å²) in [7, 11) is 1.62. The Morgan fingerprint density at radius 3 is 2.58 bits per heavy atom. The monoisotopic (exact) mass is 271 g/mol. The van der Waals surface area contributed by atoms with Crippen LogP contribution < -0.4 is 5.73 Å². The van der Waals surface area contributed by atoms with Crippen molar-refractivity contribution in [3.63, 3.8) is 0 Å². The summed E-state index contributed by atoms with van der Waals surface area (Å²) in [6, 6.07) is 6.08. The molecule has 0 saturated carbocycles. The van der Waals surface area contributed by atoms with Crippen molar-refractivity contribution < 1.29 is 18.6 Å². The molecule has 0 heterocycles. The highest BCUT2D eigenvalue weighted by atomic mass is 19.1. The fraction of sp³-hybridized carbons (Fsp3) is 0.571. The van der Waals surface area contributed by atoms with Crippen LogP contribution in [-0.2, 0) is 14.2 Å². The van der Waals surface area contributed by atoms with Crippen molar-refractivity contribution in [1.82, 2.24) is 0 Å². The molecule has 1 rings (SSSR count). The first kappa shape index (κ1) is 16.0. The first-order chi connectivity index (χ1) is 9.15. The van der Waals surface area contributed by atoms with Gasteiger partial charge in [0.25, 0.3) is 0 Å². The van der Waals surface area contributed by atoms with Gasteiger partial charge in [0.1, 0.15) is 5.82 Å². The molecule has 0 aliphatic carbocycles. The lowest BCUT2D eigenvalue weighted by molar-refractivity contribution is -0.0142. The second-order valence-corrected chi connectivity index (χ2v) is 4.31. The van der Waals surface area contributed by atoms with Crippen molar-refractivity contribution >= 4 is 0 Å². The van der Waals surface area contributed by atoms with E-state index in [1.54, 1.807) is 13.2 Å². The van der Waals surface area contributed by atoms with Gasteiger partial charge in [-0.2, -0.15) is 0 Å². The van der Waals surface area contributed by atoms with E-state index in [-0.39, 0.29) is 18.0 Å². The van der Waals surface area contributed by atoms with Crippen LogP contribution in [0.1, 0.15) is 18.6 Å². The number of benzene rings is 1. The number of rotatable bonds is 9. The lowest BCUT2D eigenvalue weighted by Gasteiger charge is -2.22. The van der Waals surface area contributed by atoms with Gasteiger partial charge in [-0.15, -0.1) is 0 Å². The second kappa shape index (κ2) is 8.98. The van der Waals surface area contributed by atoms with Crippen LogP contribution in [0, 0.1) is 5.82 Å². The quantitative estimate of drug-likeness (QED) is 0.697. The highest BCUT2D eigenvalue weighted by molar-refractivity contribution is 5.20. The maximum Gasteiger partial charge on any atom is 0.123 e. The van der Waals surface area contributed by atoms with Gasteiger partial charge in [-0.3, -0.25) is 0 Å². The van der Waals surface area contributed by atoms with E-state index in [1.165, 1.54) is 12.1 Å². The smallest absolute Gasteiger partial charge is 0.123 e. The topological polar surface area (TPSA) is 53.7 Å². The molecule has 2 N–H and O–H groups in total. The average molecular weight is 271 g/mol. The summed E-state index contributed by atoms with van der Waals surface area (Å²) in [5.41, 5.74) is 6.62. The molecule has 108 valence electrons. The van der Waals surface area contributed by atoms with E-state index < -0.39 is 0 Å². The van der Waals surface area contributed by atoms with Gasteiger partial charge in [0.15, 0.2) is 0 Å². The van der Waals surface area contributed by atoms with Gasteiger partial charge in [-0.1, -0.05) is 12.1 Å². The van der Waals surface area contributed by atoms with E-state index in [9.17, 15) is 4.39 Å². The highest BCUT2D eigenvalue weighted by Crippen LogP contribution is 2.20. The summed E-state index contributed by atoms with van der Waals surface area (Å²) in [6.07, 6.45) is -0.332. The molecule has 19 heavy (non-hydrogen) atoms. The molecular weight excluding hydrogens is 249 g/mol. The minimum Gasteiger partial charge on any atom is -0.382 e. The van der Waals surface area contributed by atoms with Crippen molar-refractivity contribution in [1.29, 1.82) is 0 Å². The summed E-state index contributed by atoms with van der Waals surface area (Å²) >= 11 is 0. The number of hydrogen-bond acceptors (Lipinski definition) is 4. The standard InChI is InChI=1S/C14H22FNO3/c1-11(16)14(12-4-3-5-13(15)10-12)19-9-8-18-7-6-17-2/h3-5,10-11,14H,6-9,16H2,1-2H3. The van der Waals surface area contributed by atoms with Gasteiger partial charge in [-0.05, 0) is 24.6 Å². The third kappa shape index (κ3) is 6.11. The number of halogens is 1. The third-order valence-electron chi connectivity index (χ3n) is 2.61. The van der Waals surface area contributed by atoms with Crippen LogP contribution in [0.15, 0.2) is 24.3 Å². The molecule has 5 heteroatoms. The molecule has 0 spiro atoms. The third-order valence-corrected chi connectivity index (χ3v) is 2.61. The van der Waals surface area contributed by atoms with Gasteiger partial charge in [-0.25, -0.2) is 4.39 Å². The fourth-order valence-electron chi connectivity index (χ4n) is 1.71. The molecule has 0 aliphatic rings. The SMILES string of the molecule is COCCOCCOC(c1cccc(F)c1)C(C)N. The lowest BCUT2D eigenvalue weighted by Crippen LogP contribution is -2.28. The molecule has 0 radical (unpaired) electrons. The minimum atomic E-state index is -0.332. The first-order valence-corrected chi connectivity index (χ1v) is 6.34. The van der Waals surface area contributed by atoms with Crippen LogP contribution in [0.4, 0.5) is 4.39 Å². The van der Waals surface area contributed by atoms with Crippen LogP contribution in [0.25, 0.3) is 0 Å². The van der Waals surface area contributed by atoms with Crippen LogP contribution in [0.2, 0.25) is 0 Å². The van der Waals surface area contributed by atoms with E-state index in [4.69, 9.17) is 19.9 Å². The maximum absolute atomic E-state index is 13.2. The molecule has 0 saturated heterocycles. The molecule has 0 bridgehead atoms. The average Bonchev–Trinajstić information content (AvgIpc) is 2.37. The second-order valence-electron chi connectivity index (χ2n) is 4.31. The molecule has 0 aromatic heterocycles. The first-order valence-electron chi connectivity index (χ1n) is 6.34. The summed E-state index contributed by atoms with van der Waals surface area (Å²) in [5.74, 6) is -0.289. The Hall–Kier alpha value is -1.01. The molecule has 1 aromatic rings. The van der Waals surface area contributed by atoms with Gasteiger partial charge in [0, 0.05) is 13.2 Å². The largest absolute Gasteiger partial charge is 0.382 e. The highest BCUT2D eigenvalue weighted by Gasteiger charge is 2.17. The van der Waals surface area contributed by atoms with Crippen LogP contribution >= 0.6 is 0 Å². The zero-order valence-corrected chi connectivity index (χ0v) is 11.5. The minimum absolute atomic E-state index is 0.222. The summed E-state index contributed by atoms with van der Waals surface area (Å²) < 4.78 is 29.0. The molecule has 0 amide bonds. The number of nitrogens with two attached hydrogens (primary N) is 1. The molecular formula is C14H22FNO3. The molecule has 2 unspecified atom stereocenters. The van der Waals surface area contributed by atoms with Crippen molar-refractivity contribution in [2.45, 2.75) is 19.1 Å². The summed E-state index contributed by atoms with van der Waals surface area (Å²) in [4.78, 5) is 0. The Balaban J connectivity index is 2.41. The normalized spacial score (nSPS) is 14.3. The number of ether oxygens (including phenoxy) is 3. The van der Waals surface area contributed by atoms with Crippen molar-refractivity contribution in [3.05, 3.63) is 35.6 Å². The Morgan fingerprint density at radius 1 is 1.21 bits per heavy atom. The lowest BCUT2D eigenvalue weighted by atomic mass is 10.0. The fourth-order valence-corrected chi connectivity index (χ4v) is 1.71. The predicted molar refractivity (Wildman–Crippen MR) is 71.4 cm³/mol. The maximum atomic E-state index is 13.2. The summed E-state index contributed by atoms with van der Waals surface area (Å²) in [6.45, 7) is 3.79. The Morgan fingerprint density at radius 2 is 1.95 bits per heavy atom. The Labute approximate surface area is 113 Å². The number of hydrogen-bond donors (Lipinski definition) is 1. The van der Waals surface area contributed by atoms with Crippen LogP contribution in [0.3, 0.4) is 0 Å².